The Morgan fingerprint density at radius 3 is 2.75 bits per heavy atom. The Kier molecular flexibility index (Phi) is 12.5. The highest BCUT2D eigenvalue weighted by Gasteiger charge is 2.08. The van der Waals surface area contributed by atoms with Crippen LogP contribution in [-0.2, 0) is 9.47 Å². The van der Waals surface area contributed by atoms with Crippen LogP contribution in [0.25, 0.3) is 0 Å². The van der Waals surface area contributed by atoms with Crippen LogP contribution in [0, 0.1) is 0 Å². The van der Waals surface area contributed by atoms with E-state index < -0.39 is 0 Å². The number of guanidine groups is 1. The minimum atomic E-state index is 0. The first-order valence-corrected chi connectivity index (χ1v) is 7.14. The Morgan fingerprint density at radius 1 is 1.40 bits per heavy atom. The quantitative estimate of drug-likeness (QED) is 0.271. The Morgan fingerprint density at radius 2 is 2.10 bits per heavy atom. The van der Waals surface area contributed by atoms with Gasteiger partial charge in [0, 0.05) is 32.7 Å². The molecule has 120 valence electrons. The second-order valence-electron chi connectivity index (χ2n) is 4.92. The lowest BCUT2D eigenvalue weighted by molar-refractivity contribution is 0.0377. The third-order valence-electron chi connectivity index (χ3n) is 2.88. The topological polar surface area (TPSA) is 72.1 Å². The fourth-order valence-corrected chi connectivity index (χ4v) is 1.85. The summed E-state index contributed by atoms with van der Waals surface area (Å²) in [6.07, 6.45) is 1.29. The number of nitrogens with two attached hydrogens (primary N) is 1. The van der Waals surface area contributed by atoms with Crippen molar-refractivity contribution in [1.82, 2.24) is 10.2 Å². The third kappa shape index (κ3) is 10.6. The summed E-state index contributed by atoms with van der Waals surface area (Å²) >= 11 is 0. The predicted molar refractivity (Wildman–Crippen MR) is 92.9 cm³/mol. The Balaban J connectivity index is 0.00000361. The van der Waals surface area contributed by atoms with Crippen molar-refractivity contribution in [1.29, 1.82) is 0 Å². The Bertz CT molecular complexity index is 259. The summed E-state index contributed by atoms with van der Waals surface area (Å²) in [4.78, 5) is 6.70. The van der Waals surface area contributed by atoms with E-state index in [2.05, 4.69) is 15.2 Å². The molecular formula is C13H29IN4O2. The molecule has 1 aliphatic heterocycles. The van der Waals surface area contributed by atoms with Gasteiger partial charge in [0.25, 0.3) is 0 Å². The molecule has 6 nitrogen and oxygen atoms in total. The number of nitrogens with one attached hydrogen (secondary N) is 1. The molecule has 20 heavy (non-hydrogen) atoms. The van der Waals surface area contributed by atoms with E-state index in [1.807, 2.05) is 13.8 Å². The van der Waals surface area contributed by atoms with Crippen LogP contribution >= 0.6 is 24.0 Å². The molecule has 0 aromatic rings. The van der Waals surface area contributed by atoms with Crippen LogP contribution in [0.3, 0.4) is 0 Å². The average molecular weight is 400 g/mol. The normalized spacial score (nSPS) is 17.1. The molecule has 0 radical (unpaired) electrons. The molecule has 1 aliphatic rings. The predicted octanol–water partition coefficient (Wildman–Crippen LogP) is 0.656. The molecule has 1 heterocycles. The van der Waals surface area contributed by atoms with Crippen LogP contribution < -0.4 is 11.1 Å². The van der Waals surface area contributed by atoms with Crippen LogP contribution in [0.2, 0.25) is 0 Å². The van der Waals surface area contributed by atoms with Crippen molar-refractivity contribution in [2.45, 2.75) is 26.4 Å². The maximum atomic E-state index is 5.76. The number of aliphatic imine (C=N–C) groups is 1. The fourth-order valence-electron chi connectivity index (χ4n) is 1.85. The third-order valence-corrected chi connectivity index (χ3v) is 2.88. The van der Waals surface area contributed by atoms with Crippen LogP contribution in [0.5, 0.6) is 0 Å². The summed E-state index contributed by atoms with van der Waals surface area (Å²) in [6, 6.07) is 0. The smallest absolute Gasteiger partial charge is 0.188 e. The van der Waals surface area contributed by atoms with Crippen molar-refractivity contribution in [2.75, 3.05) is 52.5 Å². The highest BCUT2D eigenvalue weighted by Crippen LogP contribution is 1.97. The summed E-state index contributed by atoms with van der Waals surface area (Å²) in [5.74, 6) is 0.509. The molecule has 0 bridgehead atoms. The highest BCUT2D eigenvalue weighted by molar-refractivity contribution is 14.0. The van der Waals surface area contributed by atoms with E-state index in [4.69, 9.17) is 15.2 Å². The van der Waals surface area contributed by atoms with E-state index in [1.54, 1.807) is 0 Å². The summed E-state index contributed by atoms with van der Waals surface area (Å²) in [7, 11) is 0. The van der Waals surface area contributed by atoms with Crippen molar-refractivity contribution in [3.63, 3.8) is 0 Å². The van der Waals surface area contributed by atoms with E-state index in [0.717, 1.165) is 45.8 Å². The molecule has 1 rings (SSSR count). The molecule has 1 saturated heterocycles. The second kappa shape index (κ2) is 12.6. The largest absolute Gasteiger partial charge is 0.379 e. The van der Waals surface area contributed by atoms with E-state index >= 15 is 0 Å². The van der Waals surface area contributed by atoms with Gasteiger partial charge < -0.3 is 20.5 Å². The van der Waals surface area contributed by atoms with Crippen LogP contribution in [0.1, 0.15) is 20.3 Å². The molecule has 7 heteroatoms. The van der Waals surface area contributed by atoms with Crippen molar-refractivity contribution < 1.29 is 9.47 Å². The molecule has 0 amide bonds. The van der Waals surface area contributed by atoms with Gasteiger partial charge in [-0.1, -0.05) is 0 Å². The van der Waals surface area contributed by atoms with Gasteiger partial charge in [-0.15, -0.1) is 24.0 Å². The number of halogens is 1. The number of hydrogen-bond acceptors (Lipinski definition) is 4. The van der Waals surface area contributed by atoms with Crippen LogP contribution in [0.15, 0.2) is 4.99 Å². The number of nitrogens with zero attached hydrogens (tertiary/aromatic N) is 2. The van der Waals surface area contributed by atoms with Gasteiger partial charge in [-0.2, -0.15) is 0 Å². The minimum Gasteiger partial charge on any atom is -0.379 e. The number of rotatable bonds is 8. The number of ether oxygens (including phenoxy) is 2. The molecule has 0 atom stereocenters. The maximum Gasteiger partial charge on any atom is 0.188 e. The van der Waals surface area contributed by atoms with Crippen LogP contribution in [-0.4, -0.2) is 69.5 Å². The van der Waals surface area contributed by atoms with Crippen molar-refractivity contribution >= 4 is 29.9 Å². The molecule has 0 aliphatic carbocycles. The zero-order chi connectivity index (χ0) is 13.9. The number of morpholine rings is 1. The molecule has 0 aromatic carbocycles. The van der Waals surface area contributed by atoms with Crippen molar-refractivity contribution in [3.8, 4) is 0 Å². The summed E-state index contributed by atoms with van der Waals surface area (Å²) < 4.78 is 10.7. The van der Waals surface area contributed by atoms with Gasteiger partial charge in [-0.3, -0.25) is 9.89 Å². The van der Waals surface area contributed by atoms with E-state index in [9.17, 15) is 0 Å². The monoisotopic (exact) mass is 400 g/mol. The lowest BCUT2D eigenvalue weighted by Crippen LogP contribution is -2.37. The zero-order valence-corrected chi connectivity index (χ0v) is 15.0. The van der Waals surface area contributed by atoms with Gasteiger partial charge in [-0.05, 0) is 20.3 Å². The second-order valence-corrected chi connectivity index (χ2v) is 4.92. The van der Waals surface area contributed by atoms with Crippen molar-refractivity contribution in [2.24, 2.45) is 10.7 Å². The van der Waals surface area contributed by atoms with E-state index in [1.165, 1.54) is 0 Å². The molecule has 0 saturated carbocycles. The van der Waals surface area contributed by atoms with E-state index in [-0.39, 0.29) is 30.1 Å². The van der Waals surface area contributed by atoms with Crippen molar-refractivity contribution in [3.05, 3.63) is 0 Å². The maximum absolute atomic E-state index is 5.76. The lowest BCUT2D eigenvalue weighted by Gasteiger charge is -2.26. The minimum absolute atomic E-state index is 0. The fraction of sp³-hybridized carbons (Fsp3) is 0.923. The van der Waals surface area contributed by atoms with Gasteiger partial charge in [0.05, 0.1) is 25.9 Å². The van der Waals surface area contributed by atoms with Gasteiger partial charge >= 0.3 is 0 Å². The van der Waals surface area contributed by atoms with Gasteiger partial charge in [0.1, 0.15) is 0 Å². The first-order chi connectivity index (χ1) is 9.18. The Labute approximate surface area is 139 Å². The first kappa shape index (κ1) is 19.9. The summed E-state index contributed by atoms with van der Waals surface area (Å²) in [5.41, 5.74) is 5.76. The molecule has 3 N–H and O–H groups in total. The summed E-state index contributed by atoms with van der Waals surface area (Å²) in [6.45, 7) is 11.0. The van der Waals surface area contributed by atoms with Crippen LogP contribution in [0.4, 0.5) is 0 Å². The Hall–Kier alpha value is -0.120. The lowest BCUT2D eigenvalue weighted by atomic mass is 10.3. The molecule has 0 spiro atoms. The van der Waals surface area contributed by atoms with Gasteiger partial charge in [-0.25, -0.2) is 0 Å². The standard InChI is InChI=1S/C13H28N4O2.HI/c1-12(2)19-9-5-16-13(14)15-4-3-6-17-7-10-18-11-8-17;/h12H,3-11H2,1-2H3,(H3,14,15,16);1H. The van der Waals surface area contributed by atoms with Gasteiger partial charge in [0.15, 0.2) is 5.96 Å². The average Bonchev–Trinajstić information content (AvgIpc) is 2.41. The van der Waals surface area contributed by atoms with Gasteiger partial charge in [0.2, 0.25) is 0 Å². The van der Waals surface area contributed by atoms with E-state index in [0.29, 0.717) is 19.1 Å². The number of hydrogen-bond donors (Lipinski definition) is 2. The summed E-state index contributed by atoms with van der Waals surface area (Å²) in [5, 5.41) is 3.05. The molecule has 0 aromatic heterocycles. The first-order valence-electron chi connectivity index (χ1n) is 7.14. The molecule has 1 fully saturated rings. The molecular weight excluding hydrogens is 371 g/mol. The molecule has 0 unspecified atom stereocenters. The highest BCUT2D eigenvalue weighted by atomic mass is 127. The SMILES string of the molecule is CC(C)OCCNC(N)=NCCCN1CCOCC1.I. The zero-order valence-electron chi connectivity index (χ0n) is 12.6.